The largest absolute Gasteiger partial charge is 0.305 e. The Bertz CT molecular complexity index is 261. The quantitative estimate of drug-likeness (QED) is 0.490. The van der Waals surface area contributed by atoms with Gasteiger partial charge < -0.3 is 5.41 Å². The van der Waals surface area contributed by atoms with Crippen molar-refractivity contribution in [1.82, 2.24) is 0 Å². The molecular weight excluding hydrogens is 158 g/mol. The second kappa shape index (κ2) is 3.91. The molecule has 0 saturated carbocycles. The van der Waals surface area contributed by atoms with E-state index in [0.717, 1.165) is 11.1 Å². The molecule has 0 heterocycles. The van der Waals surface area contributed by atoms with Gasteiger partial charge in [-0.1, -0.05) is 32.9 Å². The van der Waals surface area contributed by atoms with Gasteiger partial charge in [0.1, 0.15) is 0 Å². The highest BCUT2D eigenvalue weighted by molar-refractivity contribution is 5.96. The Hall–Kier alpha value is -0.850. The van der Waals surface area contributed by atoms with Crippen molar-refractivity contribution < 1.29 is 0 Å². The summed E-state index contributed by atoms with van der Waals surface area (Å²) >= 11 is 0. The predicted molar refractivity (Wildman–Crippen MR) is 60.4 cm³/mol. The third-order valence-corrected chi connectivity index (χ3v) is 2.11. The van der Waals surface area contributed by atoms with E-state index in [1.165, 1.54) is 5.57 Å². The van der Waals surface area contributed by atoms with Crippen LogP contribution in [-0.2, 0) is 0 Å². The molecular formula is C12H21N. The first-order valence-electron chi connectivity index (χ1n) is 4.60. The Labute approximate surface area is 82.1 Å². The molecule has 0 aliphatic heterocycles. The van der Waals surface area contributed by atoms with Gasteiger partial charge in [-0.3, -0.25) is 0 Å². The van der Waals surface area contributed by atoms with Gasteiger partial charge in [-0.25, -0.2) is 0 Å². The van der Waals surface area contributed by atoms with Gasteiger partial charge in [0.05, 0.1) is 0 Å². The fraction of sp³-hybridized carbons (Fsp3) is 0.583. The first-order chi connectivity index (χ1) is 5.68. The second-order valence-electron chi connectivity index (χ2n) is 4.66. The Balaban J connectivity index is 5.40. The van der Waals surface area contributed by atoms with E-state index < -0.39 is 0 Å². The summed E-state index contributed by atoms with van der Waals surface area (Å²) in [5, 5.41) is 7.61. The van der Waals surface area contributed by atoms with E-state index in [4.69, 9.17) is 5.41 Å². The minimum absolute atomic E-state index is 0.0816. The molecule has 0 fully saturated rings. The number of nitrogens with one attached hydrogen (secondary N) is 1. The van der Waals surface area contributed by atoms with Gasteiger partial charge in [-0.15, -0.1) is 0 Å². The van der Waals surface area contributed by atoms with Crippen molar-refractivity contribution in [2.45, 2.75) is 41.5 Å². The topological polar surface area (TPSA) is 23.9 Å². The van der Waals surface area contributed by atoms with E-state index in [1.54, 1.807) is 0 Å². The Morgan fingerprint density at radius 2 is 1.46 bits per heavy atom. The molecule has 0 unspecified atom stereocenters. The zero-order valence-electron chi connectivity index (χ0n) is 9.71. The van der Waals surface area contributed by atoms with Gasteiger partial charge in [-0.2, -0.15) is 0 Å². The molecule has 0 aliphatic rings. The summed E-state index contributed by atoms with van der Waals surface area (Å²) in [5.74, 6) is 0. The maximum atomic E-state index is 7.61. The normalized spacial score (nSPS) is 13.7. The zero-order valence-corrected chi connectivity index (χ0v) is 9.71. The molecule has 0 radical (unpaired) electrons. The number of hydrogen-bond acceptors (Lipinski definition) is 1. The molecule has 1 N–H and O–H groups in total. The van der Waals surface area contributed by atoms with Crippen molar-refractivity contribution in [2.75, 3.05) is 0 Å². The van der Waals surface area contributed by atoms with E-state index in [2.05, 4.69) is 27.4 Å². The van der Waals surface area contributed by atoms with Crippen LogP contribution in [0.2, 0.25) is 0 Å². The lowest BCUT2D eigenvalue weighted by Gasteiger charge is -2.26. The fourth-order valence-corrected chi connectivity index (χ4v) is 1.71. The van der Waals surface area contributed by atoms with Crippen LogP contribution in [-0.4, -0.2) is 5.71 Å². The average Bonchev–Trinajstić information content (AvgIpc) is 1.82. The summed E-state index contributed by atoms with van der Waals surface area (Å²) in [6.07, 6.45) is 0. The summed E-state index contributed by atoms with van der Waals surface area (Å²) in [5.41, 5.74) is 4.04. The molecule has 74 valence electrons. The predicted octanol–water partition coefficient (Wildman–Crippen LogP) is 3.96. The molecule has 13 heavy (non-hydrogen) atoms. The van der Waals surface area contributed by atoms with Crippen molar-refractivity contribution in [1.29, 1.82) is 5.41 Å². The van der Waals surface area contributed by atoms with Crippen LogP contribution in [0.15, 0.2) is 23.3 Å². The van der Waals surface area contributed by atoms with Crippen LogP contribution in [0.1, 0.15) is 41.5 Å². The van der Waals surface area contributed by atoms with Crippen LogP contribution in [0.3, 0.4) is 0 Å². The molecule has 1 heteroatoms. The third-order valence-electron chi connectivity index (χ3n) is 2.11. The summed E-state index contributed by atoms with van der Waals surface area (Å²) < 4.78 is 0. The van der Waals surface area contributed by atoms with E-state index in [1.807, 2.05) is 20.8 Å². The van der Waals surface area contributed by atoms with Crippen LogP contribution in [0, 0.1) is 10.8 Å². The Morgan fingerprint density at radius 1 is 1.08 bits per heavy atom. The molecule has 0 atom stereocenters. The monoisotopic (exact) mass is 179 g/mol. The van der Waals surface area contributed by atoms with Gasteiger partial charge in [0.2, 0.25) is 0 Å². The third kappa shape index (κ3) is 3.17. The maximum Gasteiger partial charge on any atom is 0.0315 e. The van der Waals surface area contributed by atoms with Gasteiger partial charge >= 0.3 is 0 Å². The Morgan fingerprint density at radius 3 is 1.54 bits per heavy atom. The highest BCUT2D eigenvalue weighted by Gasteiger charge is 2.20. The molecule has 0 rings (SSSR count). The van der Waals surface area contributed by atoms with Crippen LogP contribution >= 0.6 is 0 Å². The molecule has 0 bridgehead atoms. The number of hydrogen-bond donors (Lipinski definition) is 1. The van der Waals surface area contributed by atoms with Gasteiger partial charge in [-0.05, 0) is 37.3 Å². The van der Waals surface area contributed by atoms with E-state index in [-0.39, 0.29) is 5.41 Å². The van der Waals surface area contributed by atoms with Crippen molar-refractivity contribution in [3.05, 3.63) is 23.3 Å². The molecule has 0 aromatic carbocycles. The standard InChI is InChI=1S/C12H21N/c1-8(2)11(12(5,6)7)9(3)10(4)13/h13H,1H2,2-7H3. The van der Waals surface area contributed by atoms with Crippen LogP contribution in [0.5, 0.6) is 0 Å². The lowest BCUT2D eigenvalue weighted by Crippen LogP contribution is -2.14. The maximum absolute atomic E-state index is 7.61. The van der Waals surface area contributed by atoms with E-state index in [0.29, 0.717) is 5.71 Å². The molecule has 0 aliphatic carbocycles. The first-order valence-corrected chi connectivity index (χ1v) is 4.60. The summed E-state index contributed by atoms with van der Waals surface area (Å²) in [6.45, 7) is 16.3. The lowest BCUT2D eigenvalue weighted by atomic mass is 9.79. The van der Waals surface area contributed by atoms with Crippen molar-refractivity contribution in [3.8, 4) is 0 Å². The summed E-state index contributed by atoms with van der Waals surface area (Å²) in [4.78, 5) is 0. The molecule has 1 nitrogen and oxygen atoms in total. The van der Waals surface area contributed by atoms with Crippen LogP contribution < -0.4 is 0 Å². The minimum Gasteiger partial charge on any atom is -0.305 e. The summed E-state index contributed by atoms with van der Waals surface area (Å²) in [7, 11) is 0. The van der Waals surface area contributed by atoms with E-state index in [9.17, 15) is 0 Å². The van der Waals surface area contributed by atoms with Crippen molar-refractivity contribution >= 4 is 5.71 Å². The van der Waals surface area contributed by atoms with Crippen LogP contribution in [0.4, 0.5) is 0 Å². The number of allylic oxidation sites excluding steroid dienone is 3. The highest BCUT2D eigenvalue weighted by atomic mass is 14.4. The van der Waals surface area contributed by atoms with E-state index >= 15 is 0 Å². The molecule has 0 aromatic rings. The van der Waals surface area contributed by atoms with Gasteiger partial charge in [0.25, 0.3) is 0 Å². The Kier molecular flexibility index (Phi) is 3.65. The molecule has 0 aromatic heterocycles. The lowest BCUT2D eigenvalue weighted by molar-refractivity contribution is 0.508. The molecule has 0 amide bonds. The summed E-state index contributed by atoms with van der Waals surface area (Å²) in [6, 6.07) is 0. The molecule has 0 spiro atoms. The minimum atomic E-state index is 0.0816. The number of rotatable bonds is 2. The zero-order chi connectivity index (χ0) is 10.8. The first kappa shape index (κ1) is 12.2. The smallest absolute Gasteiger partial charge is 0.0315 e. The SMILES string of the molecule is C=C(C)C(=C(C)C(C)=N)C(C)(C)C. The van der Waals surface area contributed by atoms with Crippen molar-refractivity contribution in [2.24, 2.45) is 5.41 Å². The van der Waals surface area contributed by atoms with Crippen LogP contribution in [0.25, 0.3) is 0 Å². The molecule has 0 saturated heterocycles. The van der Waals surface area contributed by atoms with Gasteiger partial charge in [0, 0.05) is 5.71 Å². The average molecular weight is 179 g/mol. The van der Waals surface area contributed by atoms with Gasteiger partial charge in [0.15, 0.2) is 0 Å². The second-order valence-corrected chi connectivity index (χ2v) is 4.66. The highest BCUT2D eigenvalue weighted by Crippen LogP contribution is 2.33. The van der Waals surface area contributed by atoms with Crippen molar-refractivity contribution in [3.63, 3.8) is 0 Å². The fourth-order valence-electron chi connectivity index (χ4n) is 1.71.